The highest BCUT2D eigenvalue weighted by Crippen LogP contribution is 2.13. The summed E-state index contributed by atoms with van der Waals surface area (Å²) in [5.74, 6) is 0.438. The molecule has 0 spiro atoms. The van der Waals surface area contributed by atoms with Crippen LogP contribution in [0.1, 0.15) is 110 Å². The predicted octanol–water partition coefficient (Wildman–Crippen LogP) is 5.66. The van der Waals surface area contributed by atoms with E-state index in [9.17, 15) is 8.42 Å². The molecule has 0 aromatic heterocycles. The molecule has 0 aromatic carbocycles. The van der Waals surface area contributed by atoms with E-state index in [1.165, 1.54) is 77.0 Å². The quantitative estimate of drug-likeness (QED) is 0.302. The second-order valence-corrected chi connectivity index (χ2v) is 9.48. The fourth-order valence-corrected chi connectivity index (χ4v) is 4.50. The van der Waals surface area contributed by atoms with E-state index in [4.69, 9.17) is 5.11 Å². The zero-order valence-corrected chi connectivity index (χ0v) is 16.9. The molecule has 0 heterocycles. The summed E-state index contributed by atoms with van der Waals surface area (Å²) in [6, 6.07) is 0. The van der Waals surface area contributed by atoms with Crippen molar-refractivity contribution in [3.05, 3.63) is 0 Å². The fourth-order valence-electron chi connectivity index (χ4n) is 3.08. The molecule has 0 rings (SSSR count). The molecular formula is C20H42O3S. The highest BCUT2D eigenvalue weighted by molar-refractivity contribution is 7.91. The Morgan fingerprint density at radius 1 is 0.542 bits per heavy atom. The molecule has 1 N–H and O–H groups in total. The van der Waals surface area contributed by atoms with Crippen molar-refractivity contribution in [2.24, 2.45) is 0 Å². The minimum absolute atomic E-state index is 0.0297. The van der Waals surface area contributed by atoms with Gasteiger partial charge in [0.25, 0.3) is 0 Å². The first kappa shape index (κ1) is 23.9. The van der Waals surface area contributed by atoms with Gasteiger partial charge in [-0.3, -0.25) is 0 Å². The van der Waals surface area contributed by atoms with E-state index < -0.39 is 9.84 Å². The molecule has 0 aliphatic heterocycles. The Balaban J connectivity index is 3.18. The second kappa shape index (κ2) is 17.7. The summed E-state index contributed by atoms with van der Waals surface area (Å²) in [6.07, 6.45) is 19.8. The van der Waals surface area contributed by atoms with Gasteiger partial charge in [0.1, 0.15) is 9.84 Å². The zero-order chi connectivity index (χ0) is 17.9. The van der Waals surface area contributed by atoms with Crippen LogP contribution in [0, 0.1) is 0 Å². The first-order valence-electron chi connectivity index (χ1n) is 10.4. The van der Waals surface area contributed by atoms with Crippen LogP contribution >= 0.6 is 0 Å². The molecule has 0 amide bonds. The summed E-state index contributed by atoms with van der Waals surface area (Å²) < 4.78 is 23.2. The van der Waals surface area contributed by atoms with Gasteiger partial charge in [-0.1, -0.05) is 96.8 Å². The molecule has 0 saturated carbocycles. The molecule has 0 aromatic rings. The Labute approximate surface area is 151 Å². The number of aliphatic hydroxyl groups excluding tert-OH is 1. The third-order valence-corrected chi connectivity index (χ3v) is 6.49. The SMILES string of the molecule is CCCCCCCCCCCCCCCCCS(=O)(=O)CCCO. The highest BCUT2D eigenvalue weighted by Gasteiger charge is 2.09. The third kappa shape index (κ3) is 18.3. The minimum atomic E-state index is -2.92. The molecule has 0 atom stereocenters. The Bertz CT molecular complexity index is 339. The van der Waals surface area contributed by atoms with Crippen LogP contribution in [0.4, 0.5) is 0 Å². The molecule has 146 valence electrons. The smallest absolute Gasteiger partial charge is 0.150 e. The van der Waals surface area contributed by atoms with Crippen molar-refractivity contribution in [3.8, 4) is 0 Å². The molecule has 0 unspecified atom stereocenters. The molecule has 0 bridgehead atoms. The molecule has 24 heavy (non-hydrogen) atoms. The Morgan fingerprint density at radius 3 is 1.25 bits per heavy atom. The summed E-state index contributed by atoms with van der Waals surface area (Å²) in [5.41, 5.74) is 0. The summed E-state index contributed by atoms with van der Waals surface area (Å²) in [7, 11) is -2.92. The lowest BCUT2D eigenvalue weighted by molar-refractivity contribution is 0.295. The van der Waals surface area contributed by atoms with Crippen molar-refractivity contribution >= 4 is 9.84 Å². The molecule has 0 aliphatic carbocycles. The Kier molecular flexibility index (Phi) is 17.7. The van der Waals surface area contributed by atoms with Crippen molar-refractivity contribution < 1.29 is 13.5 Å². The molecule has 0 saturated heterocycles. The third-order valence-electron chi connectivity index (χ3n) is 4.67. The summed E-state index contributed by atoms with van der Waals surface area (Å²) in [5, 5.41) is 8.67. The Morgan fingerprint density at radius 2 is 0.875 bits per heavy atom. The van der Waals surface area contributed by atoms with Crippen LogP contribution in [0.25, 0.3) is 0 Å². The zero-order valence-electron chi connectivity index (χ0n) is 16.1. The van der Waals surface area contributed by atoms with Crippen LogP contribution in [0.2, 0.25) is 0 Å². The first-order valence-corrected chi connectivity index (χ1v) is 12.3. The average Bonchev–Trinajstić information content (AvgIpc) is 2.56. The number of unbranched alkanes of at least 4 members (excludes halogenated alkanes) is 14. The van der Waals surface area contributed by atoms with Crippen molar-refractivity contribution in [2.45, 2.75) is 110 Å². The van der Waals surface area contributed by atoms with E-state index in [1.807, 2.05) is 0 Å². The largest absolute Gasteiger partial charge is 0.396 e. The number of hydrogen-bond donors (Lipinski definition) is 1. The topological polar surface area (TPSA) is 54.4 Å². The van der Waals surface area contributed by atoms with Gasteiger partial charge in [-0.25, -0.2) is 8.42 Å². The van der Waals surface area contributed by atoms with Crippen LogP contribution in [0.15, 0.2) is 0 Å². The van der Waals surface area contributed by atoms with E-state index in [-0.39, 0.29) is 12.4 Å². The van der Waals surface area contributed by atoms with Crippen LogP contribution in [-0.2, 0) is 9.84 Å². The van der Waals surface area contributed by atoms with Crippen LogP contribution in [-0.4, -0.2) is 31.6 Å². The van der Waals surface area contributed by atoms with Gasteiger partial charge in [-0.2, -0.15) is 0 Å². The maximum Gasteiger partial charge on any atom is 0.150 e. The maximum absolute atomic E-state index is 11.6. The van der Waals surface area contributed by atoms with Gasteiger partial charge in [-0.15, -0.1) is 0 Å². The molecule has 0 aliphatic rings. The van der Waals surface area contributed by atoms with E-state index in [2.05, 4.69) is 6.92 Å². The lowest BCUT2D eigenvalue weighted by Gasteiger charge is -2.04. The van der Waals surface area contributed by atoms with Crippen LogP contribution < -0.4 is 0 Å². The average molecular weight is 363 g/mol. The van der Waals surface area contributed by atoms with Crippen molar-refractivity contribution in [1.29, 1.82) is 0 Å². The lowest BCUT2D eigenvalue weighted by Crippen LogP contribution is -2.12. The van der Waals surface area contributed by atoms with Crippen LogP contribution in [0.5, 0.6) is 0 Å². The molecule has 3 nitrogen and oxygen atoms in total. The second-order valence-electron chi connectivity index (χ2n) is 7.18. The molecule has 0 fully saturated rings. The fraction of sp³-hybridized carbons (Fsp3) is 1.00. The first-order chi connectivity index (χ1) is 11.6. The van der Waals surface area contributed by atoms with Gasteiger partial charge < -0.3 is 5.11 Å². The van der Waals surface area contributed by atoms with Gasteiger partial charge in [-0.05, 0) is 12.8 Å². The van der Waals surface area contributed by atoms with Gasteiger partial charge in [0.2, 0.25) is 0 Å². The van der Waals surface area contributed by atoms with E-state index in [0.29, 0.717) is 12.2 Å². The van der Waals surface area contributed by atoms with Crippen molar-refractivity contribution in [3.63, 3.8) is 0 Å². The van der Waals surface area contributed by atoms with Crippen molar-refractivity contribution in [1.82, 2.24) is 0 Å². The summed E-state index contributed by atoms with van der Waals surface area (Å²) >= 11 is 0. The number of aliphatic hydroxyl groups is 1. The monoisotopic (exact) mass is 362 g/mol. The van der Waals surface area contributed by atoms with Gasteiger partial charge in [0.05, 0.1) is 11.5 Å². The van der Waals surface area contributed by atoms with E-state index in [1.54, 1.807) is 0 Å². The van der Waals surface area contributed by atoms with Crippen molar-refractivity contribution in [2.75, 3.05) is 18.1 Å². The number of sulfone groups is 1. The summed E-state index contributed by atoms with van der Waals surface area (Å²) in [4.78, 5) is 0. The number of rotatable bonds is 19. The normalized spacial score (nSPS) is 11.9. The van der Waals surface area contributed by atoms with Gasteiger partial charge >= 0.3 is 0 Å². The molecule has 0 radical (unpaired) electrons. The van der Waals surface area contributed by atoms with Gasteiger partial charge in [0, 0.05) is 6.61 Å². The van der Waals surface area contributed by atoms with Crippen LogP contribution in [0.3, 0.4) is 0 Å². The summed E-state index contributed by atoms with van der Waals surface area (Å²) in [6.45, 7) is 2.24. The Hall–Kier alpha value is -0.0900. The molecule has 4 heteroatoms. The van der Waals surface area contributed by atoms with Gasteiger partial charge in [0.15, 0.2) is 0 Å². The highest BCUT2D eigenvalue weighted by atomic mass is 32.2. The molecular weight excluding hydrogens is 320 g/mol. The predicted molar refractivity (Wildman–Crippen MR) is 105 cm³/mol. The standard InChI is InChI=1S/C20H42O3S/c1-2-3-4-5-6-7-8-9-10-11-12-13-14-15-16-19-24(22,23)20-17-18-21/h21H,2-20H2,1H3. The maximum atomic E-state index is 11.6. The van der Waals surface area contributed by atoms with E-state index >= 15 is 0 Å². The minimum Gasteiger partial charge on any atom is -0.396 e. The number of hydrogen-bond acceptors (Lipinski definition) is 3. The lowest BCUT2D eigenvalue weighted by atomic mass is 10.0. The van der Waals surface area contributed by atoms with E-state index in [0.717, 1.165) is 19.3 Å².